The standard InChI is InChI=1S/C15H22N2O3/c1-17-6-4-14-13(10-17)12(5-8-20-14)15(18)16-9-11-3-2-7-19-11/h2-3,7,12-14H,4-6,8-10H2,1H3,(H,16,18)/t12-,13+,14-/m0/s1. The number of hydrogen-bond acceptors (Lipinski definition) is 4. The van der Waals surface area contributed by atoms with Crippen LogP contribution in [0, 0.1) is 11.8 Å². The number of carbonyl (C=O) groups excluding carboxylic acids is 1. The largest absolute Gasteiger partial charge is 0.467 e. The van der Waals surface area contributed by atoms with Gasteiger partial charge in [0.05, 0.1) is 18.9 Å². The van der Waals surface area contributed by atoms with Gasteiger partial charge in [0.1, 0.15) is 5.76 Å². The lowest BCUT2D eigenvalue weighted by Crippen LogP contribution is -2.52. The van der Waals surface area contributed by atoms with Gasteiger partial charge in [0, 0.05) is 31.5 Å². The predicted molar refractivity (Wildman–Crippen MR) is 74.0 cm³/mol. The molecule has 0 bridgehead atoms. The number of piperidine rings is 1. The van der Waals surface area contributed by atoms with E-state index in [1.54, 1.807) is 6.26 Å². The maximum Gasteiger partial charge on any atom is 0.224 e. The van der Waals surface area contributed by atoms with Gasteiger partial charge < -0.3 is 19.4 Å². The zero-order chi connectivity index (χ0) is 13.9. The Kier molecular flexibility index (Phi) is 4.08. The number of fused-ring (bicyclic) bond motifs is 1. The van der Waals surface area contributed by atoms with Crippen LogP contribution in [0.15, 0.2) is 22.8 Å². The van der Waals surface area contributed by atoms with Gasteiger partial charge in [0.25, 0.3) is 0 Å². The third-order valence-corrected chi connectivity index (χ3v) is 4.43. The Hall–Kier alpha value is -1.33. The number of furan rings is 1. The van der Waals surface area contributed by atoms with Crippen molar-refractivity contribution in [2.45, 2.75) is 25.5 Å². The van der Waals surface area contributed by atoms with Gasteiger partial charge in [-0.05, 0) is 32.0 Å². The summed E-state index contributed by atoms with van der Waals surface area (Å²) in [5.41, 5.74) is 0. The molecule has 0 aromatic carbocycles. The number of ether oxygens (including phenoxy) is 1. The summed E-state index contributed by atoms with van der Waals surface area (Å²) in [6, 6.07) is 3.71. The van der Waals surface area contributed by atoms with Gasteiger partial charge in [0.15, 0.2) is 0 Å². The van der Waals surface area contributed by atoms with E-state index in [2.05, 4.69) is 17.3 Å². The number of rotatable bonds is 3. The first-order valence-corrected chi connectivity index (χ1v) is 7.34. The summed E-state index contributed by atoms with van der Waals surface area (Å²) in [6.07, 6.45) is 3.73. The zero-order valence-corrected chi connectivity index (χ0v) is 11.9. The van der Waals surface area contributed by atoms with Gasteiger partial charge in [-0.1, -0.05) is 0 Å². The summed E-state index contributed by atoms with van der Waals surface area (Å²) in [5.74, 6) is 1.31. The smallest absolute Gasteiger partial charge is 0.224 e. The Labute approximate surface area is 119 Å². The van der Waals surface area contributed by atoms with Crippen LogP contribution in [0.1, 0.15) is 18.6 Å². The number of likely N-dealkylation sites (tertiary alicyclic amines) is 1. The second-order valence-corrected chi connectivity index (χ2v) is 5.82. The Balaban J connectivity index is 1.60. The van der Waals surface area contributed by atoms with E-state index in [4.69, 9.17) is 9.15 Å². The maximum absolute atomic E-state index is 12.4. The minimum atomic E-state index is 0.0615. The van der Waals surface area contributed by atoms with Crippen molar-refractivity contribution in [3.63, 3.8) is 0 Å². The van der Waals surface area contributed by atoms with Crippen LogP contribution in [0.4, 0.5) is 0 Å². The average molecular weight is 278 g/mol. The summed E-state index contributed by atoms with van der Waals surface area (Å²) in [4.78, 5) is 14.7. The molecule has 5 nitrogen and oxygen atoms in total. The van der Waals surface area contributed by atoms with Crippen molar-refractivity contribution in [3.8, 4) is 0 Å². The van der Waals surface area contributed by atoms with E-state index in [-0.39, 0.29) is 17.9 Å². The minimum absolute atomic E-state index is 0.0615. The molecule has 0 aliphatic carbocycles. The fourth-order valence-corrected chi connectivity index (χ4v) is 3.33. The maximum atomic E-state index is 12.4. The molecule has 3 rings (SSSR count). The van der Waals surface area contributed by atoms with E-state index >= 15 is 0 Å². The van der Waals surface area contributed by atoms with E-state index < -0.39 is 0 Å². The lowest BCUT2D eigenvalue weighted by Gasteiger charge is -2.43. The highest BCUT2D eigenvalue weighted by Crippen LogP contribution is 2.32. The van der Waals surface area contributed by atoms with Crippen molar-refractivity contribution in [3.05, 3.63) is 24.2 Å². The number of amides is 1. The van der Waals surface area contributed by atoms with Crippen LogP contribution in [0.5, 0.6) is 0 Å². The Morgan fingerprint density at radius 3 is 3.20 bits per heavy atom. The van der Waals surface area contributed by atoms with Gasteiger partial charge in [-0.15, -0.1) is 0 Å². The summed E-state index contributed by atoms with van der Waals surface area (Å²) in [6.45, 7) is 3.17. The Bertz CT molecular complexity index is 446. The molecule has 2 aliphatic heterocycles. The van der Waals surface area contributed by atoms with E-state index in [9.17, 15) is 4.79 Å². The SMILES string of the molecule is CN1CC[C@@H]2OCC[C@H](C(=O)NCc3ccco3)[C@H]2C1. The van der Waals surface area contributed by atoms with Gasteiger partial charge in [-0.3, -0.25) is 4.79 Å². The molecule has 1 aromatic rings. The molecular formula is C15H22N2O3. The van der Waals surface area contributed by atoms with Gasteiger partial charge in [-0.2, -0.15) is 0 Å². The molecule has 0 saturated carbocycles. The minimum Gasteiger partial charge on any atom is -0.467 e. The first kappa shape index (κ1) is 13.6. The first-order valence-electron chi connectivity index (χ1n) is 7.34. The molecule has 1 amide bonds. The van der Waals surface area contributed by atoms with Crippen LogP contribution >= 0.6 is 0 Å². The summed E-state index contributed by atoms with van der Waals surface area (Å²) >= 11 is 0. The van der Waals surface area contributed by atoms with E-state index in [1.165, 1.54) is 0 Å². The molecule has 1 N–H and O–H groups in total. The van der Waals surface area contributed by atoms with Crippen LogP contribution in [-0.4, -0.2) is 43.7 Å². The highest BCUT2D eigenvalue weighted by Gasteiger charge is 2.40. The number of nitrogens with one attached hydrogen (secondary N) is 1. The summed E-state index contributed by atoms with van der Waals surface area (Å²) < 4.78 is 11.1. The van der Waals surface area contributed by atoms with Gasteiger partial charge in [-0.25, -0.2) is 0 Å². The number of carbonyl (C=O) groups is 1. The number of nitrogens with zero attached hydrogens (tertiary/aromatic N) is 1. The fraction of sp³-hybridized carbons (Fsp3) is 0.667. The second kappa shape index (κ2) is 5.97. The summed E-state index contributed by atoms with van der Waals surface area (Å²) in [5, 5.41) is 3.00. The fourth-order valence-electron chi connectivity index (χ4n) is 3.33. The molecule has 20 heavy (non-hydrogen) atoms. The van der Waals surface area contributed by atoms with Crippen molar-refractivity contribution in [1.29, 1.82) is 0 Å². The van der Waals surface area contributed by atoms with Gasteiger partial charge >= 0.3 is 0 Å². The lowest BCUT2D eigenvalue weighted by atomic mass is 9.79. The molecule has 3 atom stereocenters. The van der Waals surface area contributed by atoms with E-state index in [1.807, 2.05) is 12.1 Å². The quantitative estimate of drug-likeness (QED) is 0.904. The molecular weight excluding hydrogens is 256 g/mol. The third-order valence-electron chi connectivity index (χ3n) is 4.43. The van der Waals surface area contributed by atoms with Crippen molar-refractivity contribution in [2.24, 2.45) is 11.8 Å². The highest BCUT2D eigenvalue weighted by atomic mass is 16.5. The number of hydrogen-bond donors (Lipinski definition) is 1. The lowest BCUT2D eigenvalue weighted by molar-refractivity contribution is -0.141. The van der Waals surface area contributed by atoms with Crippen molar-refractivity contribution in [1.82, 2.24) is 10.2 Å². The van der Waals surface area contributed by atoms with Crippen molar-refractivity contribution < 1.29 is 13.9 Å². The zero-order valence-electron chi connectivity index (χ0n) is 11.9. The Morgan fingerprint density at radius 1 is 1.50 bits per heavy atom. The molecule has 2 aliphatic rings. The monoisotopic (exact) mass is 278 g/mol. The van der Waals surface area contributed by atoms with Gasteiger partial charge in [0.2, 0.25) is 5.91 Å². The van der Waals surface area contributed by atoms with Crippen molar-refractivity contribution in [2.75, 3.05) is 26.7 Å². The molecule has 0 unspecified atom stereocenters. The van der Waals surface area contributed by atoms with Crippen LogP contribution in [0.3, 0.4) is 0 Å². The van der Waals surface area contributed by atoms with Crippen LogP contribution < -0.4 is 5.32 Å². The van der Waals surface area contributed by atoms with Crippen LogP contribution in [0.25, 0.3) is 0 Å². The molecule has 0 spiro atoms. The van der Waals surface area contributed by atoms with Crippen LogP contribution in [0.2, 0.25) is 0 Å². The van der Waals surface area contributed by atoms with E-state index in [0.717, 1.165) is 31.7 Å². The molecule has 3 heterocycles. The molecule has 110 valence electrons. The van der Waals surface area contributed by atoms with E-state index in [0.29, 0.717) is 19.1 Å². The second-order valence-electron chi connectivity index (χ2n) is 5.82. The molecule has 1 aromatic heterocycles. The Morgan fingerprint density at radius 2 is 2.40 bits per heavy atom. The average Bonchev–Trinajstić information content (AvgIpc) is 2.97. The topological polar surface area (TPSA) is 54.7 Å². The van der Waals surface area contributed by atoms with Crippen LogP contribution in [-0.2, 0) is 16.1 Å². The first-order chi connectivity index (χ1) is 9.74. The summed E-state index contributed by atoms with van der Waals surface area (Å²) in [7, 11) is 2.11. The third kappa shape index (κ3) is 2.88. The molecule has 5 heteroatoms. The predicted octanol–water partition coefficient (Wildman–Crippen LogP) is 1.25. The van der Waals surface area contributed by atoms with Crippen molar-refractivity contribution >= 4 is 5.91 Å². The molecule has 0 radical (unpaired) electrons. The normalized spacial score (nSPS) is 30.8. The highest BCUT2D eigenvalue weighted by molar-refractivity contribution is 5.79. The molecule has 2 fully saturated rings. The molecule has 2 saturated heterocycles.